The highest BCUT2D eigenvalue weighted by Crippen LogP contribution is 2.36. The highest BCUT2D eigenvalue weighted by Gasteiger charge is 2.33. The van der Waals surface area contributed by atoms with Gasteiger partial charge in [0.25, 0.3) is 5.91 Å². The van der Waals surface area contributed by atoms with E-state index in [0.717, 1.165) is 12.1 Å². The number of benzene rings is 1. The zero-order valence-corrected chi connectivity index (χ0v) is 19.1. The summed E-state index contributed by atoms with van der Waals surface area (Å²) < 4.78 is 34.4. The summed E-state index contributed by atoms with van der Waals surface area (Å²) in [5.41, 5.74) is 1.49. The molecule has 0 bridgehead atoms. The highest BCUT2D eigenvalue weighted by atomic mass is 35.5. The summed E-state index contributed by atoms with van der Waals surface area (Å²) in [5, 5.41) is 19.9. The first-order valence-electron chi connectivity index (χ1n) is 10.4. The van der Waals surface area contributed by atoms with E-state index in [9.17, 15) is 18.7 Å². The van der Waals surface area contributed by atoms with E-state index in [1.165, 1.54) is 23.0 Å². The average Bonchev–Trinajstić information content (AvgIpc) is 3.32. The van der Waals surface area contributed by atoms with Crippen molar-refractivity contribution in [1.82, 2.24) is 20.4 Å². The molecule has 1 aliphatic heterocycles. The number of aromatic nitrogens is 2. The number of amides is 1. The summed E-state index contributed by atoms with van der Waals surface area (Å²) in [6.07, 6.45) is 2.48. The second-order valence-electron chi connectivity index (χ2n) is 7.98. The fourth-order valence-corrected chi connectivity index (χ4v) is 4.72. The van der Waals surface area contributed by atoms with Gasteiger partial charge < -0.3 is 20.2 Å². The third-order valence-corrected chi connectivity index (χ3v) is 6.43. The fraction of sp³-hybridized carbons (Fsp3) is 0.364. The normalized spacial score (nSPS) is 20.7. The van der Waals surface area contributed by atoms with Crippen LogP contribution in [0.15, 0.2) is 34.9 Å². The third kappa shape index (κ3) is 4.91. The van der Waals surface area contributed by atoms with Gasteiger partial charge in [0.15, 0.2) is 17.4 Å². The van der Waals surface area contributed by atoms with Gasteiger partial charge in [0.1, 0.15) is 0 Å². The summed E-state index contributed by atoms with van der Waals surface area (Å²) in [7, 11) is 1.69. The number of rotatable bonds is 6. The van der Waals surface area contributed by atoms with Gasteiger partial charge in [-0.15, -0.1) is 0 Å². The fourth-order valence-electron chi connectivity index (χ4n) is 4.22. The van der Waals surface area contributed by atoms with Gasteiger partial charge in [-0.05, 0) is 42.1 Å². The minimum atomic E-state index is -0.953. The van der Waals surface area contributed by atoms with Gasteiger partial charge in [0.05, 0.1) is 22.5 Å². The van der Waals surface area contributed by atoms with Crippen LogP contribution < -0.4 is 10.6 Å². The Morgan fingerprint density at radius 3 is 2.79 bits per heavy atom. The summed E-state index contributed by atoms with van der Waals surface area (Å²) in [5.74, 6) is -2.73. The van der Waals surface area contributed by atoms with Crippen molar-refractivity contribution in [2.24, 2.45) is 7.05 Å². The number of aliphatic hydroxyl groups excluding tert-OH is 1. The number of hydrogen-bond acceptors (Lipinski definition) is 5. The number of halogens is 4. The topological polar surface area (TPSA) is 92.3 Å². The van der Waals surface area contributed by atoms with Crippen molar-refractivity contribution in [3.8, 4) is 11.3 Å². The standard InChI is InChI=1S/C22H22Cl2F2N4O3/c1-30-20(15(23)9-28-30)14-8-19(33-21(14)24)22(32)29-18-10-27-12(4-5-31)7-13(18)11-2-3-16(25)17(26)6-11/h2-3,6,8-9,12-13,18,27,31H,4-5,7,10H2,1H3,(H,29,32)/t12-,13+,18-/m1/s1. The van der Waals surface area contributed by atoms with Crippen LogP contribution in [0, 0.1) is 11.6 Å². The van der Waals surface area contributed by atoms with E-state index >= 15 is 0 Å². The molecule has 3 N–H and O–H groups in total. The Labute approximate surface area is 198 Å². The van der Waals surface area contributed by atoms with E-state index in [0.29, 0.717) is 41.2 Å². The first-order valence-corrected chi connectivity index (χ1v) is 11.1. The molecule has 1 aliphatic rings. The van der Waals surface area contributed by atoms with Crippen LogP contribution in [0.1, 0.15) is 34.9 Å². The molecule has 0 saturated carbocycles. The van der Waals surface area contributed by atoms with Gasteiger partial charge in [-0.3, -0.25) is 9.48 Å². The van der Waals surface area contributed by atoms with Crippen molar-refractivity contribution in [3.63, 3.8) is 0 Å². The van der Waals surface area contributed by atoms with E-state index < -0.39 is 23.6 Å². The Bertz CT molecular complexity index is 1150. The number of aliphatic hydroxyl groups is 1. The zero-order chi connectivity index (χ0) is 23.7. The van der Waals surface area contributed by atoms with E-state index in [1.807, 2.05) is 0 Å². The van der Waals surface area contributed by atoms with E-state index in [4.69, 9.17) is 27.6 Å². The van der Waals surface area contributed by atoms with Crippen molar-refractivity contribution in [2.45, 2.75) is 30.8 Å². The lowest BCUT2D eigenvalue weighted by Gasteiger charge is -2.37. The molecule has 1 aromatic carbocycles. The maximum absolute atomic E-state index is 13.9. The van der Waals surface area contributed by atoms with Gasteiger partial charge in [-0.25, -0.2) is 8.78 Å². The van der Waals surface area contributed by atoms with Crippen LogP contribution >= 0.6 is 23.2 Å². The summed E-state index contributed by atoms with van der Waals surface area (Å²) >= 11 is 12.4. The molecule has 2 aromatic heterocycles. The van der Waals surface area contributed by atoms with Crippen molar-refractivity contribution in [2.75, 3.05) is 13.2 Å². The Kier molecular flexibility index (Phi) is 7.04. The molecule has 7 nitrogen and oxygen atoms in total. The Morgan fingerprint density at radius 1 is 1.33 bits per heavy atom. The molecule has 1 amide bonds. The predicted octanol–water partition coefficient (Wildman–Crippen LogP) is 3.89. The van der Waals surface area contributed by atoms with Crippen molar-refractivity contribution in [3.05, 3.63) is 63.7 Å². The SMILES string of the molecule is Cn1ncc(Cl)c1-c1cc(C(=O)N[C@@H]2CN[C@H](CCO)C[C@H]2c2ccc(F)c(F)c2)oc1Cl. The number of carbonyl (C=O) groups excluding carboxylic acids is 1. The maximum Gasteiger partial charge on any atom is 0.287 e. The first kappa shape index (κ1) is 23.7. The molecule has 3 atom stereocenters. The molecular weight excluding hydrogens is 477 g/mol. The lowest BCUT2D eigenvalue weighted by molar-refractivity contribution is 0.0888. The van der Waals surface area contributed by atoms with Crippen LogP contribution in [0.5, 0.6) is 0 Å². The van der Waals surface area contributed by atoms with Gasteiger partial charge in [-0.1, -0.05) is 17.7 Å². The number of nitrogens with zero attached hydrogens (tertiary/aromatic N) is 2. The molecule has 11 heteroatoms. The number of furan rings is 1. The average molecular weight is 499 g/mol. The monoisotopic (exact) mass is 498 g/mol. The van der Waals surface area contributed by atoms with E-state index in [2.05, 4.69) is 15.7 Å². The maximum atomic E-state index is 13.9. The summed E-state index contributed by atoms with van der Waals surface area (Å²) in [4.78, 5) is 13.0. The summed E-state index contributed by atoms with van der Waals surface area (Å²) in [6, 6.07) is 4.74. The molecular formula is C22H22Cl2F2N4O3. The summed E-state index contributed by atoms with van der Waals surface area (Å²) in [6.45, 7) is 0.359. The van der Waals surface area contributed by atoms with Gasteiger partial charge in [0.2, 0.25) is 5.22 Å². The van der Waals surface area contributed by atoms with Crippen LogP contribution in [-0.2, 0) is 7.05 Å². The van der Waals surface area contributed by atoms with Crippen LogP contribution in [0.3, 0.4) is 0 Å². The lowest BCUT2D eigenvalue weighted by Crippen LogP contribution is -2.53. The molecule has 0 aliphatic carbocycles. The number of aryl methyl sites for hydroxylation is 1. The molecule has 3 heterocycles. The minimum absolute atomic E-state index is 0.00687. The Balaban J connectivity index is 1.58. The zero-order valence-electron chi connectivity index (χ0n) is 17.6. The molecule has 1 saturated heterocycles. The van der Waals surface area contributed by atoms with Crippen LogP contribution in [0.25, 0.3) is 11.3 Å². The molecule has 3 aromatic rings. The van der Waals surface area contributed by atoms with Crippen LogP contribution in [-0.4, -0.2) is 46.0 Å². The molecule has 1 fully saturated rings. The number of carbonyl (C=O) groups is 1. The second-order valence-corrected chi connectivity index (χ2v) is 8.73. The molecule has 4 rings (SSSR count). The number of hydrogen-bond donors (Lipinski definition) is 3. The van der Waals surface area contributed by atoms with Crippen molar-refractivity contribution < 1.29 is 23.1 Å². The molecule has 0 spiro atoms. The molecule has 33 heavy (non-hydrogen) atoms. The Hall–Kier alpha value is -2.46. The quantitative estimate of drug-likeness (QED) is 0.479. The van der Waals surface area contributed by atoms with Gasteiger partial charge in [0, 0.05) is 44.3 Å². The Morgan fingerprint density at radius 2 is 2.12 bits per heavy atom. The van der Waals surface area contributed by atoms with Crippen LogP contribution in [0.2, 0.25) is 10.2 Å². The molecule has 0 radical (unpaired) electrons. The second kappa shape index (κ2) is 9.80. The largest absolute Gasteiger partial charge is 0.439 e. The van der Waals surface area contributed by atoms with Crippen molar-refractivity contribution >= 4 is 29.1 Å². The number of piperidine rings is 1. The molecule has 176 valence electrons. The van der Waals surface area contributed by atoms with E-state index in [1.54, 1.807) is 7.05 Å². The third-order valence-electron chi connectivity index (χ3n) is 5.88. The highest BCUT2D eigenvalue weighted by molar-refractivity contribution is 6.35. The predicted molar refractivity (Wildman–Crippen MR) is 119 cm³/mol. The van der Waals surface area contributed by atoms with Crippen molar-refractivity contribution in [1.29, 1.82) is 0 Å². The smallest absolute Gasteiger partial charge is 0.287 e. The first-order chi connectivity index (χ1) is 15.8. The minimum Gasteiger partial charge on any atom is -0.439 e. The van der Waals surface area contributed by atoms with E-state index in [-0.39, 0.29) is 29.5 Å². The van der Waals surface area contributed by atoms with Gasteiger partial charge >= 0.3 is 0 Å². The van der Waals surface area contributed by atoms with Crippen LogP contribution in [0.4, 0.5) is 8.78 Å². The molecule has 0 unspecified atom stereocenters. The number of nitrogens with one attached hydrogen (secondary N) is 2. The van der Waals surface area contributed by atoms with Gasteiger partial charge in [-0.2, -0.15) is 5.10 Å². The lowest BCUT2D eigenvalue weighted by atomic mass is 9.81.